The summed E-state index contributed by atoms with van der Waals surface area (Å²) in [6, 6.07) is 16.7. The van der Waals surface area contributed by atoms with Crippen molar-refractivity contribution < 1.29 is 27.5 Å². The van der Waals surface area contributed by atoms with E-state index in [-0.39, 0.29) is 29.6 Å². The maximum Gasteiger partial charge on any atom is 0.418 e. The molecule has 4 rings (SSSR count). The first kappa shape index (κ1) is 24.1. The summed E-state index contributed by atoms with van der Waals surface area (Å²) in [6.45, 7) is -0.122. The van der Waals surface area contributed by atoms with Crippen LogP contribution in [0.2, 0.25) is 0 Å². The summed E-state index contributed by atoms with van der Waals surface area (Å²) in [6.07, 6.45) is -4.96. The number of halogens is 3. The highest BCUT2D eigenvalue weighted by Crippen LogP contribution is 2.39. The van der Waals surface area contributed by atoms with Gasteiger partial charge in [-0.3, -0.25) is 10.1 Å². The second-order valence-electron chi connectivity index (χ2n) is 8.25. The van der Waals surface area contributed by atoms with E-state index in [0.29, 0.717) is 17.5 Å². The van der Waals surface area contributed by atoms with Crippen LogP contribution in [0.1, 0.15) is 39.4 Å². The maximum atomic E-state index is 13.7. The van der Waals surface area contributed by atoms with Gasteiger partial charge in [0, 0.05) is 17.5 Å². The first-order chi connectivity index (χ1) is 16.6. The first-order valence-electron chi connectivity index (χ1n) is 10.8. The number of carbonyl (C=O) groups excluding carboxylic acids is 2. The van der Waals surface area contributed by atoms with Gasteiger partial charge in [0.25, 0.3) is 5.91 Å². The molecule has 6 N–H and O–H groups in total. The molecule has 0 saturated heterocycles. The molecule has 1 aliphatic rings. The molecule has 10 heteroatoms. The Kier molecular flexibility index (Phi) is 6.65. The van der Waals surface area contributed by atoms with Gasteiger partial charge >= 0.3 is 12.3 Å². The van der Waals surface area contributed by atoms with E-state index in [1.807, 2.05) is 12.1 Å². The molecule has 1 fully saturated rings. The van der Waals surface area contributed by atoms with Crippen molar-refractivity contribution in [1.29, 1.82) is 0 Å². The number of hydrogen-bond acceptors (Lipinski definition) is 5. The summed E-state index contributed by atoms with van der Waals surface area (Å²) < 4.78 is 46.1. The fourth-order valence-electron chi connectivity index (χ4n) is 3.59. The molecule has 7 nitrogen and oxygen atoms in total. The van der Waals surface area contributed by atoms with E-state index in [2.05, 4.69) is 10.6 Å². The molecule has 1 saturated carbocycles. The fraction of sp³-hybridized carbons (Fsp3) is 0.200. The third-order valence-electron chi connectivity index (χ3n) is 5.65. The van der Waals surface area contributed by atoms with E-state index in [9.17, 15) is 22.8 Å². The Morgan fingerprint density at radius 2 is 1.66 bits per heavy atom. The van der Waals surface area contributed by atoms with Crippen molar-refractivity contribution in [2.75, 3.05) is 16.4 Å². The average Bonchev–Trinajstić information content (AvgIpc) is 3.55. The molecule has 2 amide bonds. The molecule has 35 heavy (non-hydrogen) atoms. The molecule has 0 aliphatic heterocycles. The lowest BCUT2D eigenvalue weighted by Gasteiger charge is -2.16. The number of amides is 2. The molecular weight excluding hydrogens is 461 g/mol. The Labute approximate surface area is 199 Å². The molecule has 0 aromatic heterocycles. The Morgan fingerprint density at radius 3 is 2.29 bits per heavy atom. The second kappa shape index (κ2) is 9.67. The Bertz CT molecular complexity index is 1250. The lowest BCUT2D eigenvalue weighted by atomic mass is 10.1. The minimum absolute atomic E-state index is 0.122. The topological polar surface area (TPSA) is 119 Å². The zero-order valence-corrected chi connectivity index (χ0v) is 18.4. The van der Waals surface area contributed by atoms with Crippen LogP contribution in [0.25, 0.3) is 0 Å². The Balaban J connectivity index is 1.42. The van der Waals surface area contributed by atoms with Crippen LogP contribution in [-0.4, -0.2) is 18.0 Å². The molecular formula is C25H23F3N4O3. The number of nitrogen functional groups attached to an aromatic ring is 1. The summed E-state index contributed by atoms with van der Waals surface area (Å²) >= 11 is 0. The molecule has 2 unspecified atom stereocenters. The van der Waals surface area contributed by atoms with E-state index in [0.717, 1.165) is 18.1 Å². The van der Waals surface area contributed by atoms with Crippen molar-refractivity contribution >= 4 is 29.1 Å². The van der Waals surface area contributed by atoms with E-state index in [4.69, 9.17) is 16.2 Å². The van der Waals surface area contributed by atoms with Gasteiger partial charge in [-0.1, -0.05) is 36.4 Å². The number of hydrogen-bond donors (Lipinski definition) is 4. The van der Waals surface area contributed by atoms with Gasteiger partial charge in [-0.05, 0) is 47.9 Å². The number of rotatable bonds is 6. The lowest BCUT2D eigenvalue weighted by molar-refractivity contribution is -0.136. The molecule has 0 bridgehead atoms. The standard InChI is InChI=1S/C25H23F3N4O3/c26-25(27,28)18-11-16(23(33)31-22-4-2-1-3-19(22)29)9-10-21(18)32-24(34)35-13-14-5-7-15(8-6-14)17-12-20(17)30/h1-11,17,20H,12-13,29-30H2,(H,31,33)(H,32,34). The Hall–Kier alpha value is -4.05. The zero-order chi connectivity index (χ0) is 25.2. The van der Waals surface area contributed by atoms with Crippen molar-refractivity contribution in [2.24, 2.45) is 5.73 Å². The molecule has 3 aromatic carbocycles. The van der Waals surface area contributed by atoms with Gasteiger partial charge in [-0.15, -0.1) is 0 Å². The molecule has 0 heterocycles. The lowest BCUT2D eigenvalue weighted by Crippen LogP contribution is -2.19. The Morgan fingerprint density at radius 1 is 0.971 bits per heavy atom. The van der Waals surface area contributed by atoms with Gasteiger partial charge < -0.3 is 21.5 Å². The molecule has 182 valence electrons. The molecule has 1 aliphatic carbocycles. The van der Waals surface area contributed by atoms with E-state index in [1.54, 1.807) is 30.3 Å². The minimum atomic E-state index is -4.83. The number of ether oxygens (including phenoxy) is 1. The summed E-state index contributed by atoms with van der Waals surface area (Å²) in [5, 5.41) is 4.58. The number of carbonyl (C=O) groups is 2. The quantitative estimate of drug-likeness (QED) is 0.363. The van der Waals surface area contributed by atoms with Crippen molar-refractivity contribution in [2.45, 2.75) is 31.2 Å². The average molecular weight is 484 g/mol. The number of alkyl halides is 3. The van der Waals surface area contributed by atoms with Crippen molar-refractivity contribution in [3.05, 3.63) is 89.0 Å². The molecule has 2 atom stereocenters. The molecule has 0 spiro atoms. The van der Waals surface area contributed by atoms with Crippen LogP contribution in [0.15, 0.2) is 66.7 Å². The SMILES string of the molecule is Nc1ccccc1NC(=O)c1ccc(NC(=O)OCc2ccc(C3CC3N)cc2)c(C(F)(F)F)c1. The second-order valence-corrected chi connectivity index (χ2v) is 8.25. The predicted octanol–water partition coefficient (Wildman–Crippen LogP) is 5.10. The highest BCUT2D eigenvalue weighted by molar-refractivity contribution is 6.06. The van der Waals surface area contributed by atoms with Crippen LogP contribution in [-0.2, 0) is 17.5 Å². The van der Waals surface area contributed by atoms with Gasteiger partial charge in [-0.25, -0.2) is 4.79 Å². The largest absolute Gasteiger partial charge is 0.444 e. The van der Waals surface area contributed by atoms with E-state index < -0.39 is 29.4 Å². The normalized spacial score (nSPS) is 16.9. The first-order valence-corrected chi connectivity index (χ1v) is 10.8. The number of nitrogens with one attached hydrogen (secondary N) is 2. The molecule has 0 radical (unpaired) electrons. The van der Waals surface area contributed by atoms with Crippen LogP contribution < -0.4 is 22.1 Å². The van der Waals surface area contributed by atoms with E-state index in [1.165, 1.54) is 12.1 Å². The van der Waals surface area contributed by atoms with E-state index >= 15 is 0 Å². The number of nitrogens with two attached hydrogens (primary N) is 2. The van der Waals surface area contributed by atoms with Crippen LogP contribution in [0.4, 0.5) is 35.0 Å². The van der Waals surface area contributed by atoms with Gasteiger partial charge in [-0.2, -0.15) is 13.2 Å². The number of para-hydroxylation sites is 2. The highest BCUT2D eigenvalue weighted by atomic mass is 19.4. The third kappa shape index (κ3) is 5.90. The summed E-state index contributed by atoms with van der Waals surface area (Å²) in [7, 11) is 0. The smallest absolute Gasteiger partial charge is 0.418 e. The van der Waals surface area contributed by atoms with Gasteiger partial charge in [0.15, 0.2) is 0 Å². The maximum absolute atomic E-state index is 13.7. The molecule has 3 aromatic rings. The van der Waals surface area contributed by atoms with Crippen LogP contribution in [0.5, 0.6) is 0 Å². The van der Waals surface area contributed by atoms with Crippen molar-refractivity contribution in [3.63, 3.8) is 0 Å². The van der Waals surface area contributed by atoms with Crippen LogP contribution >= 0.6 is 0 Å². The minimum Gasteiger partial charge on any atom is -0.444 e. The van der Waals surface area contributed by atoms with Gasteiger partial charge in [0.2, 0.25) is 0 Å². The van der Waals surface area contributed by atoms with Crippen LogP contribution in [0, 0.1) is 0 Å². The summed E-state index contributed by atoms with van der Waals surface area (Å²) in [5.41, 5.74) is 11.9. The van der Waals surface area contributed by atoms with Gasteiger partial charge in [0.1, 0.15) is 6.61 Å². The van der Waals surface area contributed by atoms with Crippen LogP contribution in [0.3, 0.4) is 0 Å². The fourth-order valence-corrected chi connectivity index (χ4v) is 3.59. The number of benzene rings is 3. The van der Waals surface area contributed by atoms with Gasteiger partial charge in [0.05, 0.1) is 22.6 Å². The third-order valence-corrected chi connectivity index (χ3v) is 5.65. The van der Waals surface area contributed by atoms with Crippen molar-refractivity contribution in [3.8, 4) is 0 Å². The monoisotopic (exact) mass is 484 g/mol. The zero-order valence-electron chi connectivity index (χ0n) is 18.4. The summed E-state index contributed by atoms with van der Waals surface area (Å²) in [4.78, 5) is 24.7. The number of anilines is 3. The highest BCUT2D eigenvalue weighted by Gasteiger charge is 2.35. The summed E-state index contributed by atoms with van der Waals surface area (Å²) in [5.74, 6) is -0.442. The van der Waals surface area contributed by atoms with Crippen molar-refractivity contribution in [1.82, 2.24) is 0 Å². The predicted molar refractivity (Wildman–Crippen MR) is 126 cm³/mol.